The van der Waals surface area contributed by atoms with Crippen LogP contribution < -0.4 is 4.24 Å². The first-order valence-corrected chi connectivity index (χ1v) is 7.07. The Kier molecular flexibility index (Phi) is 6.73. The van der Waals surface area contributed by atoms with E-state index in [-0.39, 0.29) is 0 Å². The molecule has 0 aliphatic rings. The summed E-state index contributed by atoms with van der Waals surface area (Å²) in [5.74, 6) is 0. The zero-order valence-electron chi connectivity index (χ0n) is 10.7. The molecule has 0 saturated heterocycles. The summed E-state index contributed by atoms with van der Waals surface area (Å²) in [5, 5.41) is 0. The van der Waals surface area contributed by atoms with Gasteiger partial charge in [0.05, 0.1) is 0 Å². The molecular formula is C14H15ClNO2S-. The maximum atomic E-state index is 9.12. The third-order valence-corrected chi connectivity index (χ3v) is 2.94. The van der Waals surface area contributed by atoms with Crippen LogP contribution in [0.15, 0.2) is 48.5 Å². The average molecular weight is 297 g/mol. The first kappa shape index (κ1) is 15.9. The molecule has 102 valence electrons. The van der Waals surface area contributed by atoms with Crippen molar-refractivity contribution >= 4 is 23.0 Å². The lowest BCUT2D eigenvalue weighted by Gasteiger charge is -2.03. The molecule has 1 atom stereocenters. The van der Waals surface area contributed by atoms with Crippen molar-refractivity contribution in [1.29, 1.82) is 0 Å². The maximum Gasteiger partial charge on any atom is 0.0329 e. The molecule has 5 heteroatoms. The van der Waals surface area contributed by atoms with Gasteiger partial charge in [-0.3, -0.25) is 4.21 Å². The summed E-state index contributed by atoms with van der Waals surface area (Å²) in [6.07, 6.45) is 0. The Bertz CT molecular complexity index is 517. The molecule has 0 bridgehead atoms. The van der Waals surface area contributed by atoms with Crippen LogP contribution in [0.3, 0.4) is 0 Å². The van der Waals surface area contributed by atoms with Crippen molar-refractivity contribution in [1.82, 2.24) is 4.24 Å². The fourth-order valence-corrected chi connectivity index (χ4v) is 1.65. The molecule has 0 saturated carbocycles. The number of nitrogens with one attached hydrogen (secondary N) is 1. The van der Waals surface area contributed by atoms with Gasteiger partial charge in [-0.05, 0) is 36.8 Å². The molecule has 19 heavy (non-hydrogen) atoms. The van der Waals surface area contributed by atoms with Gasteiger partial charge in [0.15, 0.2) is 0 Å². The summed E-state index contributed by atoms with van der Waals surface area (Å²) in [7, 11) is 0. The third-order valence-electron chi connectivity index (χ3n) is 2.43. The number of hydrogen-bond donors (Lipinski definition) is 1. The van der Waals surface area contributed by atoms with Crippen molar-refractivity contribution in [3.63, 3.8) is 0 Å². The van der Waals surface area contributed by atoms with Gasteiger partial charge in [0.1, 0.15) is 0 Å². The number of rotatable bonds is 2. The molecule has 0 amide bonds. The van der Waals surface area contributed by atoms with Gasteiger partial charge in [-0.2, -0.15) is 4.24 Å². The third kappa shape index (κ3) is 5.98. The van der Waals surface area contributed by atoms with E-state index in [2.05, 4.69) is 74.2 Å². The largest absolute Gasteiger partial charge is 0.759 e. The van der Waals surface area contributed by atoms with E-state index in [1.165, 1.54) is 26.5 Å². The van der Waals surface area contributed by atoms with Crippen LogP contribution in [0.2, 0.25) is 0 Å². The molecule has 2 aromatic rings. The van der Waals surface area contributed by atoms with Crippen molar-refractivity contribution in [2.45, 2.75) is 13.8 Å². The standard InChI is InChI=1S/C14H14.ClH2NO2S/c1-11-5-3-7-13(9-11)14-8-4-6-12(2)10-14;1-2-5(3)4/h3-10H,1-2H3;2H,(H,3,4)/p-1. The Morgan fingerprint density at radius 1 is 1.00 bits per heavy atom. The molecule has 2 rings (SSSR count). The Hall–Kier alpha value is -1.20. The fraction of sp³-hybridized carbons (Fsp3) is 0.143. The predicted molar refractivity (Wildman–Crippen MR) is 79.3 cm³/mol. The van der Waals surface area contributed by atoms with Crippen LogP contribution in [-0.4, -0.2) is 8.76 Å². The number of benzene rings is 2. The first-order valence-electron chi connectivity index (χ1n) is 5.62. The molecule has 0 aromatic heterocycles. The van der Waals surface area contributed by atoms with E-state index in [0.29, 0.717) is 0 Å². The summed E-state index contributed by atoms with van der Waals surface area (Å²) < 4.78 is 19.7. The molecule has 0 radical (unpaired) electrons. The van der Waals surface area contributed by atoms with Gasteiger partial charge < -0.3 is 4.55 Å². The smallest absolute Gasteiger partial charge is 0.0329 e. The fourth-order valence-electron chi connectivity index (χ4n) is 1.65. The zero-order valence-corrected chi connectivity index (χ0v) is 12.3. The van der Waals surface area contributed by atoms with Gasteiger partial charge in [0.25, 0.3) is 0 Å². The van der Waals surface area contributed by atoms with E-state index in [9.17, 15) is 0 Å². The van der Waals surface area contributed by atoms with E-state index in [1.807, 2.05) is 0 Å². The summed E-state index contributed by atoms with van der Waals surface area (Å²) in [6, 6.07) is 17.2. The average Bonchev–Trinajstić information content (AvgIpc) is 2.39. The highest BCUT2D eigenvalue weighted by atomic mass is 35.5. The van der Waals surface area contributed by atoms with E-state index in [4.69, 9.17) is 8.76 Å². The minimum atomic E-state index is -2.31. The highest BCUT2D eigenvalue weighted by molar-refractivity contribution is 7.78. The summed E-state index contributed by atoms with van der Waals surface area (Å²) in [6.45, 7) is 4.25. The van der Waals surface area contributed by atoms with Crippen LogP contribution in [0.1, 0.15) is 11.1 Å². The van der Waals surface area contributed by atoms with Gasteiger partial charge >= 0.3 is 0 Å². The molecule has 0 aliphatic heterocycles. The molecule has 0 spiro atoms. The second-order valence-corrected chi connectivity index (χ2v) is 5.14. The van der Waals surface area contributed by atoms with Gasteiger partial charge in [-0.15, -0.1) is 0 Å². The molecule has 0 heterocycles. The van der Waals surface area contributed by atoms with Gasteiger partial charge in [-0.25, -0.2) is 0 Å². The van der Waals surface area contributed by atoms with Gasteiger partial charge in [0.2, 0.25) is 0 Å². The van der Waals surface area contributed by atoms with Crippen molar-refractivity contribution in [3.8, 4) is 11.1 Å². The quantitative estimate of drug-likeness (QED) is 0.681. The molecule has 0 aliphatic carbocycles. The predicted octanol–water partition coefficient (Wildman–Crippen LogP) is 3.49. The topological polar surface area (TPSA) is 52.2 Å². The Labute approximate surface area is 121 Å². The highest BCUT2D eigenvalue weighted by Crippen LogP contribution is 2.20. The summed E-state index contributed by atoms with van der Waals surface area (Å²) >= 11 is 2.17. The Morgan fingerprint density at radius 2 is 1.37 bits per heavy atom. The van der Waals surface area contributed by atoms with Crippen LogP contribution in [0.4, 0.5) is 0 Å². The normalized spacial score (nSPS) is 11.4. The maximum absolute atomic E-state index is 9.12. The van der Waals surface area contributed by atoms with Crippen molar-refractivity contribution < 1.29 is 8.76 Å². The van der Waals surface area contributed by atoms with E-state index >= 15 is 0 Å². The molecule has 1 N–H and O–H groups in total. The second-order valence-electron chi connectivity index (χ2n) is 4.05. The van der Waals surface area contributed by atoms with Crippen molar-refractivity contribution in [2.24, 2.45) is 0 Å². The van der Waals surface area contributed by atoms with Crippen LogP contribution in [0.5, 0.6) is 0 Å². The van der Waals surface area contributed by atoms with Gasteiger partial charge in [0, 0.05) is 11.3 Å². The molecule has 0 fully saturated rings. The van der Waals surface area contributed by atoms with Crippen molar-refractivity contribution in [2.75, 3.05) is 0 Å². The summed E-state index contributed by atoms with van der Waals surface area (Å²) in [5.41, 5.74) is 5.22. The zero-order chi connectivity index (χ0) is 14.3. The lowest BCUT2D eigenvalue weighted by atomic mass is 10.0. The number of aryl methyl sites for hydroxylation is 2. The van der Waals surface area contributed by atoms with Crippen LogP contribution in [-0.2, 0) is 11.3 Å². The molecule has 2 aromatic carbocycles. The molecular weight excluding hydrogens is 282 g/mol. The molecule has 3 nitrogen and oxygen atoms in total. The van der Waals surface area contributed by atoms with E-state index < -0.39 is 11.3 Å². The minimum absolute atomic E-state index is 1.30. The monoisotopic (exact) mass is 296 g/mol. The van der Waals surface area contributed by atoms with Crippen LogP contribution >= 0.6 is 11.8 Å². The van der Waals surface area contributed by atoms with Crippen molar-refractivity contribution in [3.05, 3.63) is 59.7 Å². The van der Waals surface area contributed by atoms with Crippen LogP contribution in [0.25, 0.3) is 11.1 Å². The second kappa shape index (κ2) is 8.07. The Morgan fingerprint density at radius 3 is 1.63 bits per heavy atom. The minimum Gasteiger partial charge on any atom is -0.759 e. The SMILES string of the molecule is Cc1cccc(-c2cccc(C)c2)c1.O=S([O-])NCl. The number of halogens is 1. The lowest BCUT2D eigenvalue weighted by molar-refractivity contribution is 0.534. The van der Waals surface area contributed by atoms with E-state index in [1.54, 1.807) is 0 Å². The van der Waals surface area contributed by atoms with Crippen LogP contribution in [0, 0.1) is 13.8 Å². The van der Waals surface area contributed by atoms with E-state index in [0.717, 1.165) is 0 Å². The lowest BCUT2D eigenvalue weighted by Crippen LogP contribution is -2.00. The van der Waals surface area contributed by atoms with Gasteiger partial charge in [-0.1, -0.05) is 59.7 Å². The molecule has 1 unspecified atom stereocenters. The first-order chi connectivity index (χ1) is 9.02. The Balaban J connectivity index is 0.000000312. The highest BCUT2D eigenvalue weighted by Gasteiger charge is 1.96. The number of hydrogen-bond acceptors (Lipinski definition) is 2. The summed E-state index contributed by atoms with van der Waals surface area (Å²) in [4.78, 5) is 0.